The largest absolute Gasteiger partial charge is 0.417 e. The first-order valence-electron chi connectivity index (χ1n) is 9.46. The smallest absolute Gasteiger partial charge is 0.356 e. The van der Waals surface area contributed by atoms with Crippen molar-refractivity contribution in [3.05, 3.63) is 23.9 Å². The third-order valence-electron chi connectivity index (χ3n) is 5.84. The van der Waals surface area contributed by atoms with Gasteiger partial charge < -0.3 is 15.5 Å². The van der Waals surface area contributed by atoms with E-state index in [1.165, 1.54) is 6.07 Å². The molecule has 0 unspecified atom stereocenters. The molecule has 2 heterocycles. The van der Waals surface area contributed by atoms with Crippen molar-refractivity contribution in [2.75, 3.05) is 25.0 Å². The molecule has 0 aromatic carbocycles. The molecule has 1 saturated heterocycles. The number of likely N-dealkylation sites (N-methyl/N-ethyl adjacent to an activating group) is 1. The zero-order chi connectivity index (χ0) is 19.8. The van der Waals surface area contributed by atoms with Crippen LogP contribution in [0.4, 0.5) is 19.0 Å². The summed E-state index contributed by atoms with van der Waals surface area (Å²) in [6.45, 7) is 5.49. The van der Waals surface area contributed by atoms with E-state index in [-0.39, 0.29) is 23.9 Å². The van der Waals surface area contributed by atoms with Crippen LogP contribution in [0.1, 0.15) is 32.3 Å². The summed E-state index contributed by atoms with van der Waals surface area (Å²) < 4.78 is 38.1. The predicted octanol–water partition coefficient (Wildman–Crippen LogP) is 2.68. The highest BCUT2D eigenvalue weighted by molar-refractivity contribution is 5.82. The van der Waals surface area contributed by atoms with E-state index in [0.717, 1.165) is 31.6 Å². The van der Waals surface area contributed by atoms with Crippen LogP contribution in [0, 0.1) is 17.8 Å². The summed E-state index contributed by atoms with van der Waals surface area (Å²) in [6.07, 6.45) is -1.52. The zero-order valence-corrected chi connectivity index (χ0v) is 15.9. The van der Waals surface area contributed by atoms with Gasteiger partial charge in [0.25, 0.3) is 0 Å². The fraction of sp³-hybridized carbons (Fsp3) is 0.684. The van der Waals surface area contributed by atoms with Crippen molar-refractivity contribution >= 4 is 11.7 Å². The van der Waals surface area contributed by atoms with Crippen molar-refractivity contribution in [3.63, 3.8) is 0 Å². The normalized spacial score (nSPS) is 26.3. The number of amides is 1. The Kier molecular flexibility index (Phi) is 5.65. The molecule has 1 aliphatic carbocycles. The van der Waals surface area contributed by atoms with Crippen molar-refractivity contribution < 1.29 is 18.0 Å². The molecule has 8 heteroatoms. The molecule has 0 radical (unpaired) electrons. The van der Waals surface area contributed by atoms with Gasteiger partial charge in [0.2, 0.25) is 5.91 Å². The van der Waals surface area contributed by atoms with Crippen molar-refractivity contribution in [1.29, 1.82) is 0 Å². The van der Waals surface area contributed by atoms with Gasteiger partial charge in [-0.2, -0.15) is 13.2 Å². The van der Waals surface area contributed by atoms with Gasteiger partial charge in [0.05, 0.1) is 11.6 Å². The van der Waals surface area contributed by atoms with E-state index >= 15 is 0 Å². The molecule has 0 bridgehead atoms. The number of halogens is 3. The molecule has 1 aromatic rings. The van der Waals surface area contributed by atoms with E-state index < -0.39 is 11.7 Å². The summed E-state index contributed by atoms with van der Waals surface area (Å²) >= 11 is 0. The van der Waals surface area contributed by atoms with E-state index in [1.54, 1.807) is 7.05 Å². The Morgan fingerprint density at radius 2 is 2.00 bits per heavy atom. The number of aromatic nitrogens is 1. The van der Waals surface area contributed by atoms with Crippen molar-refractivity contribution in [1.82, 2.24) is 15.6 Å². The molecule has 2 fully saturated rings. The summed E-state index contributed by atoms with van der Waals surface area (Å²) in [6, 6.07) is 2.40. The summed E-state index contributed by atoms with van der Waals surface area (Å²) in [5.74, 6) is 1.53. The second-order valence-corrected chi connectivity index (χ2v) is 7.93. The molecule has 150 valence electrons. The monoisotopic (exact) mass is 384 g/mol. The molecular formula is C19H27F3N4O. The maximum Gasteiger partial charge on any atom is 0.417 e. The second kappa shape index (κ2) is 7.66. The molecule has 1 aliphatic heterocycles. The number of hydrogen-bond acceptors (Lipinski definition) is 4. The number of rotatable bonds is 5. The Hall–Kier alpha value is -1.83. The first-order chi connectivity index (χ1) is 12.7. The Bertz CT molecular complexity index is 662. The lowest BCUT2D eigenvalue weighted by molar-refractivity contribution is -0.137. The van der Waals surface area contributed by atoms with Crippen LogP contribution < -0.4 is 15.5 Å². The second-order valence-electron chi connectivity index (χ2n) is 7.93. The molecule has 5 nitrogen and oxygen atoms in total. The quantitative estimate of drug-likeness (QED) is 0.820. The van der Waals surface area contributed by atoms with Gasteiger partial charge in [-0.3, -0.25) is 4.79 Å². The van der Waals surface area contributed by atoms with E-state index in [2.05, 4.69) is 15.6 Å². The highest BCUT2D eigenvalue weighted by Gasteiger charge is 2.44. The number of nitrogens with one attached hydrogen (secondary N) is 2. The standard InChI is InChI=1S/C19H27F3N4O/c1-11(2)17(23-3)18(27)25-15-6-4-12-9-26(10-14(12)15)16-7-5-13(8-24-16)19(20,21)22/h5,7-8,11-12,14-15,17,23H,4,6,9-10H2,1-3H3,(H,25,27)/t12-,14+,15+,17+/m1/s1. The zero-order valence-electron chi connectivity index (χ0n) is 15.9. The Labute approximate surface area is 157 Å². The SMILES string of the molecule is CN[C@H](C(=O)N[C@H]1CC[C@@H]2CN(c3ccc(C(F)(F)F)cn3)C[C@@H]21)C(C)C. The van der Waals surface area contributed by atoms with Gasteiger partial charge in [-0.05, 0) is 43.9 Å². The Morgan fingerprint density at radius 3 is 2.56 bits per heavy atom. The number of anilines is 1. The Morgan fingerprint density at radius 1 is 1.26 bits per heavy atom. The van der Waals surface area contributed by atoms with Gasteiger partial charge in [-0.25, -0.2) is 4.98 Å². The van der Waals surface area contributed by atoms with E-state index in [4.69, 9.17) is 0 Å². The number of pyridine rings is 1. The molecule has 2 aliphatic rings. The molecule has 27 heavy (non-hydrogen) atoms. The van der Waals surface area contributed by atoms with Crippen LogP contribution in [0.25, 0.3) is 0 Å². The highest BCUT2D eigenvalue weighted by atomic mass is 19.4. The molecule has 3 rings (SSSR count). The minimum absolute atomic E-state index is 0.0178. The maximum atomic E-state index is 12.7. The first-order valence-corrected chi connectivity index (χ1v) is 9.46. The maximum absolute atomic E-state index is 12.7. The van der Waals surface area contributed by atoms with Crippen LogP contribution in [0.3, 0.4) is 0 Å². The average molecular weight is 384 g/mol. The van der Waals surface area contributed by atoms with E-state index in [0.29, 0.717) is 24.2 Å². The van der Waals surface area contributed by atoms with Crippen molar-refractivity contribution in [2.45, 2.75) is 44.9 Å². The number of fused-ring (bicyclic) bond motifs is 1. The molecule has 1 saturated carbocycles. The fourth-order valence-electron chi connectivity index (χ4n) is 4.41. The number of hydrogen-bond donors (Lipinski definition) is 2. The lowest BCUT2D eigenvalue weighted by Crippen LogP contribution is -2.50. The summed E-state index contributed by atoms with van der Waals surface area (Å²) in [5, 5.41) is 6.25. The van der Waals surface area contributed by atoms with Crippen LogP contribution in [-0.2, 0) is 11.0 Å². The van der Waals surface area contributed by atoms with Gasteiger partial charge >= 0.3 is 6.18 Å². The fourth-order valence-corrected chi connectivity index (χ4v) is 4.41. The third-order valence-corrected chi connectivity index (χ3v) is 5.84. The average Bonchev–Trinajstić information content (AvgIpc) is 3.16. The summed E-state index contributed by atoms with van der Waals surface area (Å²) in [4.78, 5) is 18.6. The van der Waals surface area contributed by atoms with Crippen molar-refractivity contribution in [3.8, 4) is 0 Å². The third kappa shape index (κ3) is 4.20. The van der Waals surface area contributed by atoms with Crippen LogP contribution in [0.5, 0.6) is 0 Å². The molecule has 1 aromatic heterocycles. The number of carbonyl (C=O) groups excluding carboxylic acids is 1. The van der Waals surface area contributed by atoms with E-state index in [1.807, 2.05) is 18.7 Å². The van der Waals surface area contributed by atoms with Crippen LogP contribution in [-0.4, -0.2) is 43.1 Å². The first kappa shape index (κ1) is 19.9. The highest BCUT2D eigenvalue weighted by Crippen LogP contribution is 2.40. The van der Waals surface area contributed by atoms with Gasteiger partial charge in [0.1, 0.15) is 5.82 Å². The number of nitrogens with zero attached hydrogens (tertiary/aromatic N) is 2. The van der Waals surface area contributed by atoms with Crippen LogP contribution in [0.2, 0.25) is 0 Å². The van der Waals surface area contributed by atoms with Crippen LogP contribution >= 0.6 is 0 Å². The summed E-state index contributed by atoms with van der Waals surface area (Å²) in [7, 11) is 1.79. The lowest BCUT2D eigenvalue weighted by Gasteiger charge is -2.26. The number of carbonyl (C=O) groups is 1. The molecule has 2 N–H and O–H groups in total. The molecular weight excluding hydrogens is 357 g/mol. The van der Waals surface area contributed by atoms with Gasteiger partial charge in [0.15, 0.2) is 0 Å². The van der Waals surface area contributed by atoms with Crippen LogP contribution in [0.15, 0.2) is 18.3 Å². The topological polar surface area (TPSA) is 57.3 Å². The summed E-state index contributed by atoms with van der Waals surface area (Å²) in [5.41, 5.74) is -0.734. The minimum atomic E-state index is -4.37. The van der Waals surface area contributed by atoms with Gasteiger partial charge in [-0.15, -0.1) is 0 Å². The molecule has 0 spiro atoms. The van der Waals surface area contributed by atoms with Gasteiger partial charge in [0, 0.05) is 31.2 Å². The predicted molar refractivity (Wildman–Crippen MR) is 97.3 cm³/mol. The Balaban J connectivity index is 1.63. The molecule has 1 amide bonds. The number of alkyl halides is 3. The van der Waals surface area contributed by atoms with E-state index in [9.17, 15) is 18.0 Å². The minimum Gasteiger partial charge on any atom is -0.356 e. The molecule has 4 atom stereocenters. The lowest BCUT2D eigenvalue weighted by atomic mass is 9.97. The van der Waals surface area contributed by atoms with Crippen molar-refractivity contribution in [2.24, 2.45) is 17.8 Å². The van der Waals surface area contributed by atoms with Gasteiger partial charge in [-0.1, -0.05) is 13.8 Å².